The van der Waals surface area contributed by atoms with E-state index in [9.17, 15) is 5.26 Å². The van der Waals surface area contributed by atoms with E-state index in [2.05, 4.69) is 23.5 Å². The Hall–Kier alpha value is -2.50. The van der Waals surface area contributed by atoms with E-state index in [1.807, 2.05) is 42.5 Å². The molecule has 0 heterocycles. The van der Waals surface area contributed by atoms with Crippen molar-refractivity contribution in [2.45, 2.75) is 6.04 Å². The standard InChI is InChI=1S/C18H13ClN2/c19-14-8-10-15(11-9-14)21-18(12-20)17-7-3-5-13-4-1-2-6-16(13)17/h1-11,18,21H. The van der Waals surface area contributed by atoms with Gasteiger partial charge in [-0.15, -0.1) is 0 Å². The van der Waals surface area contributed by atoms with Crippen molar-refractivity contribution in [1.82, 2.24) is 0 Å². The second kappa shape index (κ2) is 5.87. The van der Waals surface area contributed by atoms with Crippen LogP contribution in [0.3, 0.4) is 0 Å². The lowest BCUT2D eigenvalue weighted by molar-refractivity contribution is 1.01. The molecule has 1 atom stereocenters. The van der Waals surface area contributed by atoms with Gasteiger partial charge in [0.25, 0.3) is 0 Å². The summed E-state index contributed by atoms with van der Waals surface area (Å²) in [6.45, 7) is 0. The molecule has 0 saturated carbocycles. The van der Waals surface area contributed by atoms with Crippen molar-refractivity contribution in [1.29, 1.82) is 5.26 Å². The number of halogens is 1. The van der Waals surface area contributed by atoms with E-state index in [0.29, 0.717) is 5.02 Å². The first kappa shape index (κ1) is 13.5. The lowest BCUT2D eigenvalue weighted by Crippen LogP contribution is -2.08. The number of anilines is 1. The number of fused-ring (bicyclic) bond motifs is 1. The van der Waals surface area contributed by atoms with Crippen LogP contribution in [0.5, 0.6) is 0 Å². The molecular formula is C18H13ClN2. The summed E-state index contributed by atoms with van der Waals surface area (Å²) in [5.74, 6) is 0. The normalized spacial score (nSPS) is 11.8. The van der Waals surface area contributed by atoms with Crippen LogP contribution in [-0.2, 0) is 0 Å². The molecule has 3 aromatic carbocycles. The maximum Gasteiger partial charge on any atom is 0.140 e. The molecule has 3 heteroatoms. The molecule has 0 aliphatic carbocycles. The van der Waals surface area contributed by atoms with E-state index >= 15 is 0 Å². The van der Waals surface area contributed by atoms with Gasteiger partial charge in [-0.05, 0) is 40.6 Å². The molecule has 0 fully saturated rings. The fourth-order valence-corrected chi connectivity index (χ4v) is 2.52. The van der Waals surface area contributed by atoms with Gasteiger partial charge in [-0.2, -0.15) is 5.26 Å². The predicted octanol–water partition coefficient (Wildman–Crippen LogP) is 5.17. The smallest absolute Gasteiger partial charge is 0.140 e. The molecule has 0 aliphatic rings. The fourth-order valence-electron chi connectivity index (χ4n) is 2.39. The van der Waals surface area contributed by atoms with Gasteiger partial charge in [-0.1, -0.05) is 54.1 Å². The molecule has 0 radical (unpaired) electrons. The largest absolute Gasteiger partial charge is 0.366 e. The van der Waals surface area contributed by atoms with Crippen molar-refractivity contribution in [3.63, 3.8) is 0 Å². The Bertz CT molecular complexity index is 798. The Kier molecular flexibility index (Phi) is 3.77. The number of nitriles is 1. The van der Waals surface area contributed by atoms with E-state index in [1.165, 1.54) is 0 Å². The number of benzene rings is 3. The maximum absolute atomic E-state index is 9.52. The summed E-state index contributed by atoms with van der Waals surface area (Å²) >= 11 is 5.88. The topological polar surface area (TPSA) is 35.8 Å². The van der Waals surface area contributed by atoms with Crippen LogP contribution in [0.15, 0.2) is 66.7 Å². The first-order valence-electron chi connectivity index (χ1n) is 6.67. The molecule has 0 saturated heterocycles. The maximum atomic E-state index is 9.52. The highest BCUT2D eigenvalue weighted by atomic mass is 35.5. The van der Waals surface area contributed by atoms with Crippen LogP contribution in [0.25, 0.3) is 10.8 Å². The van der Waals surface area contributed by atoms with Crippen LogP contribution < -0.4 is 5.32 Å². The highest BCUT2D eigenvalue weighted by Crippen LogP contribution is 2.27. The summed E-state index contributed by atoms with van der Waals surface area (Å²) < 4.78 is 0. The minimum atomic E-state index is -0.405. The molecule has 0 bridgehead atoms. The molecule has 0 spiro atoms. The van der Waals surface area contributed by atoms with E-state index in [0.717, 1.165) is 22.0 Å². The monoisotopic (exact) mass is 292 g/mol. The van der Waals surface area contributed by atoms with Crippen LogP contribution in [0.2, 0.25) is 5.02 Å². The summed E-state index contributed by atoms with van der Waals surface area (Å²) in [5.41, 5.74) is 1.85. The highest BCUT2D eigenvalue weighted by molar-refractivity contribution is 6.30. The number of hydrogen-bond acceptors (Lipinski definition) is 2. The summed E-state index contributed by atoms with van der Waals surface area (Å²) in [4.78, 5) is 0. The van der Waals surface area contributed by atoms with Crippen LogP contribution >= 0.6 is 11.6 Å². The lowest BCUT2D eigenvalue weighted by Gasteiger charge is -2.15. The van der Waals surface area contributed by atoms with E-state index in [1.54, 1.807) is 12.1 Å². The number of hydrogen-bond donors (Lipinski definition) is 1. The van der Waals surface area contributed by atoms with Gasteiger partial charge in [0.1, 0.15) is 6.04 Å². The first-order chi connectivity index (χ1) is 10.3. The quantitative estimate of drug-likeness (QED) is 0.723. The van der Waals surface area contributed by atoms with Crippen LogP contribution in [0.4, 0.5) is 5.69 Å². The molecule has 3 rings (SSSR count). The second-order valence-corrected chi connectivity index (χ2v) is 5.22. The third-order valence-electron chi connectivity index (χ3n) is 3.42. The Morgan fingerprint density at radius 2 is 1.62 bits per heavy atom. The average molecular weight is 293 g/mol. The predicted molar refractivity (Wildman–Crippen MR) is 87.4 cm³/mol. The SMILES string of the molecule is N#CC(Nc1ccc(Cl)cc1)c1cccc2ccccc12. The van der Waals surface area contributed by atoms with Gasteiger partial charge in [0.15, 0.2) is 0 Å². The Morgan fingerprint density at radius 1 is 0.905 bits per heavy atom. The first-order valence-corrected chi connectivity index (χ1v) is 7.05. The van der Waals surface area contributed by atoms with Crippen molar-refractivity contribution < 1.29 is 0 Å². The summed E-state index contributed by atoms with van der Waals surface area (Å²) in [6.07, 6.45) is 0. The summed E-state index contributed by atoms with van der Waals surface area (Å²) in [7, 11) is 0. The number of nitrogens with one attached hydrogen (secondary N) is 1. The van der Waals surface area contributed by atoms with Crippen LogP contribution in [0, 0.1) is 11.3 Å². The van der Waals surface area contributed by atoms with Crippen molar-refractivity contribution in [2.75, 3.05) is 5.32 Å². The van der Waals surface area contributed by atoms with E-state index in [4.69, 9.17) is 11.6 Å². The van der Waals surface area contributed by atoms with Gasteiger partial charge in [-0.3, -0.25) is 0 Å². The molecule has 102 valence electrons. The fraction of sp³-hybridized carbons (Fsp3) is 0.0556. The van der Waals surface area contributed by atoms with Crippen molar-refractivity contribution in [3.8, 4) is 6.07 Å². The Balaban J connectivity index is 1.99. The second-order valence-electron chi connectivity index (χ2n) is 4.78. The van der Waals surface area contributed by atoms with Crippen LogP contribution in [0.1, 0.15) is 11.6 Å². The molecule has 0 aromatic heterocycles. The molecule has 1 N–H and O–H groups in total. The minimum absolute atomic E-state index is 0.405. The molecule has 21 heavy (non-hydrogen) atoms. The third-order valence-corrected chi connectivity index (χ3v) is 3.67. The van der Waals surface area contributed by atoms with E-state index < -0.39 is 6.04 Å². The zero-order chi connectivity index (χ0) is 14.7. The van der Waals surface area contributed by atoms with Crippen LogP contribution in [-0.4, -0.2) is 0 Å². The molecule has 0 amide bonds. The molecule has 1 unspecified atom stereocenters. The van der Waals surface area contributed by atoms with Gasteiger partial charge in [0.2, 0.25) is 0 Å². The summed E-state index contributed by atoms with van der Waals surface area (Å²) in [6, 6.07) is 23.4. The van der Waals surface area contributed by atoms with Gasteiger partial charge >= 0.3 is 0 Å². The van der Waals surface area contributed by atoms with Crippen molar-refractivity contribution in [3.05, 3.63) is 77.3 Å². The van der Waals surface area contributed by atoms with Crippen molar-refractivity contribution >= 4 is 28.1 Å². The highest BCUT2D eigenvalue weighted by Gasteiger charge is 2.13. The van der Waals surface area contributed by atoms with Crippen molar-refractivity contribution in [2.24, 2.45) is 0 Å². The Morgan fingerprint density at radius 3 is 2.38 bits per heavy atom. The number of rotatable bonds is 3. The molecular weight excluding hydrogens is 280 g/mol. The molecule has 3 aromatic rings. The lowest BCUT2D eigenvalue weighted by atomic mass is 9.99. The molecule has 0 aliphatic heterocycles. The van der Waals surface area contributed by atoms with Gasteiger partial charge in [0, 0.05) is 10.7 Å². The van der Waals surface area contributed by atoms with Gasteiger partial charge in [-0.25, -0.2) is 0 Å². The molecule has 2 nitrogen and oxygen atoms in total. The van der Waals surface area contributed by atoms with E-state index in [-0.39, 0.29) is 0 Å². The number of nitrogens with zero attached hydrogens (tertiary/aromatic N) is 1. The average Bonchev–Trinajstić information content (AvgIpc) is 2.54. The third kappa shape index (κ3) is 2.84. The van der Waals surface area contributed by atoms with Gasteiger partial charge in [0.05, 0.1) is 6.07 Å². The minimum Gasteiger partial charge on any atom is -0.366 e. The zero-order valence-corrected chi connectivity index (χ0v) is 12.0. The van der Waals surface area contributed by atoms with Gasteiger partial charge < -0.3 is 5.32 Å². The zero-order valence-electron chi connectivity index (χ0n) is 11.3. The Labute approximate surface area is 128 Å². The summed E-state index contributed by atoms with van der Waals surface area (Å²) in [5, 5.41) is 15.7.